The summed E-state index contributed by atoms with van der Waals surface area (Å²) in [5, 5.41) is 9.07. The van der Waals surface area contributed by atoms with Gasteiger partial charge in [0.05, 0.1) is 0 Å². The molecule has 0 radical (unpaired) electrons. The molecule has 7 heavy (non-hydrogen) atoms. The zero-order valence-electron chi connectivity index (χ0n) is 3.80. The third-order valence-electron chi connectivity index (χ3n) is 0.405. The Morgan fingerprint density at radius 1 is 1.71 bits per heavy atom. The maximum absolute atomic E-state index is 8.30. The summed E-state index contributed by atoms with van der Waals surface area (Å²) in [4.78, 5) is 0. The number of hydrogen-bond acceptors (Lipinski definition) is 2. The molecule has 0 aromatic rings. The third kappa shape index (κ3) is 10.9. The molecule has 0 aliphatic carbocycles. The second kappa shape index (κ2) is 6.88. The second-order valence-corrected chi connectivity index (χ2v) is 1.84. The van der Waals surface area contributed by atoms with E-state index in [9.17, 15) is 0 Å². The van der Waals surface area contributed by atoms with Crippen LogP contribution in [0.5, 0.6) is 0 Å². The molecule has 0 rings (SSSR count). The van der Waals surface area contributed by atoms with Gasteiger partial charge in [-0.1, -0.05) is 15.9 Å². The van der Waals surface area contributed by atoms with E-state index in [2.05, 4.69) is 15.9 Å². The van der Waals surface area contributed by atoms with Gasteiger partial charge in [0.15, 0.2) is 0 Å². The molecule has 3 N–H and O–H groups in total. The van der Waals surface area contributed by atoms with E-state index in [4.69, 9.17) is 10.8 Å². The fourth-order valence-corrected chi connectivity index (χ4v) is 0.581. The second-order valence-electron chi connectivity index (χ2n) is 1.05. The first kappa shape index (κ1) is 10.8. The molecule has 0 amide bonds. The number of nitrogens with two attached hydrogens (primary N) is 1. The van der Waals surface area contributed by atoms with Crippen LogP contribution in [0.3, 0.4) is 0 Å². The zero-order valence-corrected chi connectivity index (χ0v) is 7.10. The molecular weight excluding hydrogens is 226 g/mol. The van der Waals surface area contributed by atoms with Crippen LogP contribution in [-0.4, -0.2) is 16.7 Å². The molecule has 0 aliphatic heterocycles. The number of hydrogen-bond donors (Lipinski definition) is 2. The molecule has 0 heterocycles. The smallest absolute Gasteiger partial charge is 0.103 e. The normalized spacial score (nSPS) is 12.4. The van der Waals surface area contributed by atoms with Crippen LogP contribution in [0.2, 0.25) is 0 Å². The van der Waals surface area contributed by atoms with Crippen molar-refractivity contribution in [1.29, 1.82) is 0 Å². The van der Waals surface area contributed by atoms with E-state index in [-0.39, 0.29) is 17.0 Å². The zero-order chi connectivity index (χ0) is 4.99. The summed E-state index contributed by atoms with van der Waals surface area (Å²) < 4.78 is 0. The summed E-state index contributed by atoms with van der Waals surface area (Å²) in [6.45, 7) is 0. The predicted octanol–water partition coefficient (Wildman–Crippen LogP) is 0.626. The van der Waals surface area contributed by atoms with E-state index >= 15 is 0 Å². The topological polar surface area (TPSA) is 46.2 Å². The van der Waals surface area contributed by atoms with Crippen molar-refractivity contribution in [2.75, 3.05) is 5.33 Å². The number of rotatable bonds is 2. The number of alkyl halides is 1. The molecule has 0 aromatic heterocycles. The molecule has 0 saturated heterocycles. The van der Waals surface area contributed by atoms with E-state index in [0.29, 0.717) is 6.42 Å². The van der Waals surface area contributed by atoms with Crippen molar-refractivity contribution >= 4 is 32.9 Å². The number of aliphatic hydroxyl groups is 1. The van der Waals surface area contributed by atoms with Crippen molar-refractivity contribution in [3.05, 3.63) is 0 Å². The van der Waals surface area contributed by atoms with Gasteiger partial charge in [-0.25, -0.2) is 0 Å². The maximum Gasteiger partial charge on any atom is 0.103 e. The molecule has 0 spiro atoms. The molecule has 1 unspecified atom stereocenters. The van der Waals surface area contributed by atoms with Gasteiger partial charge in [-0.15, -0.1) is 17.0 Å². The molecule has 46 valence electrons. The van der Waals surface area contributed by atoms with Crippen molar-refractivity contribution in [2.45, 2.75) is 12.6 Å². The molecule has 0 aliphatic rings. The van der Waals surface area contributed by atoms with E-state index in [1.807, 2.05) is 0 Å². The average molecular weight is 235 g/mol. The molecule has 0 saturated carbocycles. The molecule has 2 nitrogen and oxygen atoms in total. The minimum atomic E-state index is -0.649. The van der Waals surface area contributed by atoms with Crippen LogP contribution >= 0.6 is 32.9 Å². The van der Waals surface area contributed by atoms with Gasteiger partial charge in [0.25, 0.3) is 0 Å². The first-order chi connectivity index (χ1) is 2.77. The highest BCUT2D eigenvalue weighted by Crippen LogP contribution is 1.87. The van der Waals surface area contributed by atoms with Gasteiger partial charge < -0.3 is 10.8 Å². The summed E-state index contributed by atoms with van der Waals surface area (Å²) in [6, 6.07) is 0. The van der Waals surface area contributed by atoms with Crippen LogP contribution in [0.1, 0.15) is 6.42 Å². The van der Waals surface area contributed by atoms with Gasteiger partial charge in [0.1, 0.15) is 6.23 Å². The lowest BCUT2D eigenvalue weighted by Crippen LogP contribution is -2.18. The van der Waals surface area contributed by atoms with Crippen molar-refractivity contribution in [2.24, 2.45) is 5.73 Å². The van der Waals surface area contributed by atoms with E-state index in [1.54, 1.807) is 0 Å². The van der Waals surface area contributed by atoms with Gasteiger partial charge in [0.2, 0.25) is 0 Å². The van der Waals surface area contributed by atoms with E-state index in [0.717, 1.165) is 5.33 Å². The van der Waals surface area contributed by atoms with Gasteiger partial charge in [-0.05, 0) is 6.42 Å². The molecule has 1 atom stereocenters. The monoisotopic (exact) mass is 233 g/mol. The highest BCUT2D eigenvalue weighted by Gasteiger charge is 1.88. The van der Waals surface area contributed by atoms with Crippen LogP contribution in [0.15, 0.2) is 0 Å². The molecule has 4 heteroatoms. The highest BCUT2D eigenvalue weighted by atomic mass is 79.9. The Kier molecular flexibility index (Phi) is 10.6. The Labute approximate surface area is 62.0 Å². The lowest BCUT2D eigenvalue weighted by atomic mass is 10.5. The predicted molar refractivity (Wildman–Crippen MR) is 38.9 cm³/mol. The molecule has 0 aromatic carbocycles. The summed E-state index contributed by atoms with van der Waals surface area (Å²) in [7, 11) is 0. The van der Waals surface area contributed by atoms with Crippen LogP contribution in [0, 0.1) is 0 Å². The lowest BCUT2D eigenvalue weighted by molar-refractivity contribution is 0.180. The fraction of sp³-hybridized carbons (Fsp3) is 1.00. The first-order valence-electron chi connectivity index (χ1n) is 1.77. The minimum Gasteiger partial charge on any atom is -0.379 e. The Morgan fingerprint density at radius 2 is 2.14 bits per heavy atom. The van der Waals surface area contributed by atoms with Crippen molar-refractivity contribution in [3.8, 4) is 0 Å². The Morgan fingerprint density at radius 3 is 2.14 bits per heavy atom. The van der Waals surface area contributed by atoms with Gasteiger partial charge in [-0.2, -0.15) is 0 Å². The van der Waals surface area contributed by atoms with Crippen LogP contribution in [-0.2, 0) is 0 Å². The Hall–Kier alpha value is 0.880. The standard InChI is InChI=1S/C3H8BrNO.BrH/c4-2-1-3(5)6;/h3,6H,1-2,5H2;1H. The molecule has 0 bridgehead atoms. The Bertz CT molecular complexity index is 34.1. The van der Waals surface area contributed by atoms with Crippen molar-refractivity contribution < 1.29 is 5.11 Å². The summed E-state index contributed by atoms with van der Waals surface area (Å²) in [5.74, 6) is 0. The lowest BCUT2D eigenvalue weighted by Gasteiger charge is -1.95. The number of halogens is 2. The summed E-state index contributed by atoms with van der Waals surface area (Å²) >= 11 is 3.11. The van der Waals surface area contributed by atoms with Crippen LogP contribution in [0.4, 0.5) is 0 Å². The highest BCUT2D eigenvalue weighted by molar-refractivity contribution is 9.09. The SMILES string of the molecule is Br.NC(O)CCBr. The molecular formula is C3H9Br2NO. The quantitative estimate of drug-likeness (QED) is 0.544. The summed E-state index contributed by atoms with van der Waals surface area (Å²) in [6.07, 6.45) is -0.0237. The Balaban J connectivity index is 0. The van der Waals surface area contributed by atoms with Gasteiger partial charge in [-0.3, -0.25) is 0 Å². The van der Waals surface area contributed by atoms with E-state index in [1.165, 1.54) is 0 Å². The average Bonchev–Trinajstić information content (AvgIpc) is 1.35. The maximum atomic E-state index is 8.30. The van der Waals surface area contributed by atoms with Crippen LogP contribution in [0.25, 0.3) is 0 Å². The largest absolute Gasteiger partial charge is 0.379 e. The number of aliphatic hydroxyl groups excluding tert-OH is 1. The van der Waals surface area contributed by atoms with E-state index < -0.39 is 6.23 Å². The van der Waals surface area contributed by atoms with Gasteiger partial charge in [0, 0.05) is 5.33 Å². The molecule has 0 fully saturated rings. The van der Waals surface area contributed by atoms with Gasteiger partial charge >= 0.3 is 0 Å². The first-order valence-corrected chi connectivity index (χ1v) is 2.89. The summed E-state index contributed by atoms with van der Waals surface area (Å²) in [5.41, 5.74) is 4.93. The van der Waals surface area contributed by atoms with Crippen LogP contribution < -0.4 is 5.73 Å². The van der Waals surface area contributed by atoms with Crippen molar-refractivity contribution in [3.63, 3.8) is 0 Å². The fourth-order valence-electron chi connectivity index (χ4n) is 0.112. The third-order valence-corrected chi connectivity index (χ3v) is 0.863. The van der Waals surface area contributed by atoms with Crippen molar-refractivity contribution in [1.82, 2.24) is 0 Å². The minimum absolute atomic E-state index is 0.